The van der Waals surface area contributed by atoms with Gasteiger partial charge >= 0.3 is 5.97 Å². The number of carboxylic acids is 1. The first kappa shape index (κ1) is 12.2. The topological polar surface area (TPSA) is 40.5 Å². The fourth-order valence-electron chi connectivity index (χ4n) is 2.12. The first-order valence-corrected chi connectivity index (χ1v) is 6.11. The summed E-state index contributed by atoms with van der Waals surface area (Å²) < 4.78 is 0. The van der Waals surface area contributed by atoms with Crippen molar-refractivity contribution in [3.8, 4) is 0 Å². The smallest absolute Gasteiger partial charge is 0.337 e. The number of hydrogen-bond donors (Lipinski definition) is 1. The molecule has 1 fully saturated rings. The number of carbonyl (C=O) groups is 1. The molecule has 0 amide bonds. The summed E-state index contributed by atoms with van der Waals surface area (Å²) in [5, 5.41) is 9.61. The highest BCUT2D eigenvalue weighted by Crippen LogP contribution is 2.39. The number of halogens is 1. The molecule has 2 atom stereocenters. The van der Waals surface area contributed by atoms with Crippen LogP contribution in [0.4, 0.5) is 5.69 Å². The zero-order valence-corrected chi connectivity index (χ0v) is 10.7. The number of anilines is 1. The van der Waals surface area contributed by atoms with Crippen molar-refractivity contribution in [2.45, 2.75) is 13.3 Å². The van der Waals surface area contributed by atoms with E-state index in [1.165, 1.54) is 12.5 Å². The number of carboxylic acid groups (broad SMARTS) is 1. The maximum atomic E-state index is 11.2. The zero-order chi connectivity index (χ0) is 12.6. The highest BCUT2D eigenvalue weighted by atomic mass is 35.5. The largest absolute Gasteiger partial charge is 0.478 e. The van der Waals surface area contributed by atoms with Gasteiger partial charge in [0.15, 0.2) is 0 Å². The number of nitrogens with zero attached hydrogens (tertiary/aromatic N) is 1. The molecule has 1 aliphatic carbocycles. The Balaban J connectivity index is 2.21. The summed E-state index contributed by atoms with van der Waals surface area (Å²) >= 11 is 5.82. The molecule has 0 aromatic heterocycles. The average Bonchev–Trinajstić information content (AvgIpc) is 2.93. The van der Waals surface area contributed by atoms with Crippen LogP contribution in [-0.2, 0) is 0 Å². The Labute approximate surface area is 106 Å². The fourth-order valence-corrected chi connectivity index (χ4v) is 2.29. The molecular weight excluding hydrogens is 238 g/mol. The predicted molar refractivity (Wildman–Crippen MR) is 69.0 cm³/mol. The molecule has 17 heavy (non-hydrogen) atoms. The second kappa shape index (κ2) is 4.57. The van der Waals surface area contributed by atoms with Crippen LogP contribution in [0.25, 0.3) is 0 Å². The van der Waals surface area contributed by atoms with Crippen molar-refractivity contribution in [2.75, 3.05) is 18.5 Å². The Morgan fingerprint density at radius 2 is 2.24 bits per heavy atom. The van der Waals surface area contributed by atoms with Crippen molar-refractivity contribution in [3.05, 3.63) is 28.8 Å². The van der Waals surface area contributed by atoms with Crippen LogP contribution in [0, 0.1) is 11.8 Å². The van der Waals surface area contributed by atoms with Crippen molar-refractivity contribution in [1.82, 2.24) is 0 Å². The fraction of sp³-hybridized carbons (Fsp3) is 0.462. The van der Waals surface area contributed by atoms with Crippen molar-refractivity contribution in [2.24, 2.45) is 11.8 Å². The lowest BCUT2D eigenvalue weighted by Gasteiger charge is -2.21. The molecule has 0 saturated heterocycles. The summed E-state index contributed by atoms with van der Waals surface area (Å²) in [5.74, 6) is 0.522. The van der Waals surface area contributed by atoms with E-state index in [-0.39, 0.29) is 5.56 Å². The summed E-state index contributed by atoms with van der Waals surface area (Å²) in [6.07, 6.45) is 1.24. The first-order valence-electron chi connectivity index (χ1n) is 5.73. The standard InChI is InChI=1S/C13H16ClNO2/c1-8-5-9(8)7-15(2)12-4-3-10(14)6-11(12)13(16)17/h3-4,6,8-9H,5,7H2,1-2H3,(H,16,17). The summed E-state index contributed by atoms with van der Waals surface area (Å²) in [7, 11) is 1.93. The zero-order valence-electron chi connectivity index (χ0n) is 9.98. The third kappa shape index (κ3) is 2.72. The maximum Gasteiger partial charge on any atom is 0.337 e. The Morgan fingerprint density at radius 1 is 1.59 bits per heavy atom. The van der Waals surface area contributed by atoms with Gasteiger partial charge in [-0.05, 0) is 36.5 Å². The van der Waals surface area contributed by atoms with Gasteiger partial charge in [0.1, 0.15) is 0 Å². The van der Waals surface area contributed by atoms with Gasteiger partial charge in [-0.3, -0.25) is 0 Å². The summed E-state index contributed by atoms with van der Waals surface area (Å²) in [5.41, 5.74) is 1.01. The molecule has 0 spiro atoms. The quantitative estimate of drug-likeness (QED) is 0.896. The van der Waals surface area contributed by atoms with Gasteiger partial charge in [-0.15, -0.1) is 0 Å². The third-order valence-corrected chi connectivity index (χ3v) is 3.62. The minimum atomic E-state index is -0.932. The maximum absolute atomic E-state index is 11.2. The number of aromatic carboxylic acids is 1. The normalized spacial score (nSPS) is 22.3. The molecule has 3 nitrogen and oxygen atoms in total. The van der Waals surface area contributed by atoms with Crippen molar-refractivity contribution >= 4 is 23.3 Å². The van der Waals surface area contributed by atoms with Crippen molar-refractivity contribution in [1.29, 1.82) is 0 Å². The lowest BCUT2D eigenvalue weighted by Crippen LogP contribution is -2.22. The van der Waals surface area contributed by atoms with E-state index in [1.807, 2.05) is 11.9 Å². The molecule has 0 aliphatic heterocycles. The second-order valence-electron chi connectivity index (χ2n) is 4.82. The predicted octanol–water partition coefficient (Wildman–Crippen LogP) is 3.13. The molecule has 0 radical (unpaired) electrons. The molecule has 0 heterocycles. The monoisotopic (exact) mass is 253 g/mol. The molecule has 1 saturated carbocycles. The van der Waals surface area contributed by atoms with Gasteiger partial charge in [-0.1, -0.05) is 18.5 Å². The molecule has 4 heteroatoms. The molecule has 1 aromatic rings. The molecular formula is C13H16ClNO2. The minimum absolute atomic E-state index is 0.272. The Bertz CT molecular complexity index is 447. The van der Waals surface area contributed by atoms with Crippen molar-refractivity contribution in [3.63, 3.8) is 0 Å². The second-order valence-corrected chi connectivity index (χ2v) is 5.26. The van der Waals surface area contributed by atoms with Gasteiger partial charge < -0.3 is 10.0 Å². The lowest BCUT2D eigenvalue weighted by atomic mass is 10.1. The average molecular weight is 254 g/mol. The van der Waals surface area contributed by atoms with Crippen LogP contribution in [0.1, 0.15) is 23.7 Å². The Kier molecular flexibility index (Phi) is 3.29. The number of hydrogen-bond acceptors (Lipinski definition) is 2. The van der Waals surface area contributed by atoms with Crippen LogP contribution in [0.5, 0.6) is 0 Å². The van der Waals surface area contributed by atoms with Gasteiger partial charge in [0.05, 0.1) is 11.3 Å². The Morgan fingerprint density at radius 3 is 2.76 bits per heavy atom. The molecule has 1 N–H and O–H groups in total. The van der Waals surface area contributed by atoms with Gasteiger partial charge in [-0.25, -0.2) is 4.79 Å². The number of benzene rings is 1. The van der Waals surface area contributed by atoms with Gasteiger partial charge in [0.2, 0.25) is 0 Å². The van der Waals surface area contributed by atoms with Crippen LogP contribution < -0.4 is 4.90 Å². The van der Waals surface area contributed by atoms with Crippen LogP contribution in [0.15, 0.2) is 18.2 Å². The molecule has 92 valence electrons. The van der Waals surface area contributed by atoms with Crippen LogP contribution in [0.3, 0.4) is 0 Å². The molecule has 1 aliphatic rings. The van der Waals surface area contributed by atoms with E-state index in [0.717, 1.165) is 18.2 Å². The van der Waals surface area contributed by atoms with E-state index in [2.05, 4.69) is 6.92 Å². The molecule has 1 aromatic carbocycles. The van der Waals surface area contributed by atoms with Crippen LogP contribution in [-0.4, -0.2) is 24.7 Å². The summed E-state index contributed by atoms with van der Waals surface area (Å²) in [6.45, 7) is 3.13. The van der Waals surface area contributed by atoms with Crippen LogP contribution in [0.2, 0.25) is 5.02 Å². The SMILES string of the molecule is CC1CC1CN(C)c1ccc(Cl)cc1C(=O)O. The van der Waals surface area contributed by atoms with Gasteiger partial charge in [0, 0.05) is 18.6 Å². The van der Waals surface area contributed by atoms with E-state index in [1.54, 1.807) is 12.1 Å². The van der Waals surface area contributed by atoms with Crippen molar-refractivity contribution < 1.29 is 9.90 Å². The highest BCUT2D eigenvalue weighted by molar-refractivity contribution is 6.31. The molecule has 2 unspecified atom stereocenters. The van der Waals surface area contributed by atoms with E-state index >= 15 is 0 Å². The van der Waals surface area contributed by atoms with E-state index in [4.69, 9.17) is 16.7 Å². The molecule has 0 bridgehead atoms. The summed E-state index contributed by atoms with van der Waals surface area (Å²) in [6, 6.07) is 5.01. The summed E-state index contributed by atoms with van der Waals surface area (Å²) in [4.78, 5) is 13.2. The van der Waals surface area contributed by atoms with E-state index in [0.29, 0.717) is 10.9 Å². The van der Waals surface area contributed by atoms with E-state index in [9.17, 15) is 4.79 Å². The highest BCUT2D eigenvalue weighted by Gasteiger charge is 2.33. The Hall–Kier alpha value is -1.22. The van der Waals surface area contributed by atoms with E-state index < -0.39 is 5.97 Å². The number of rotatable bonds is 4. The minimum Gasteiger partial charge on any atom is -0.478 e. The van der Waals surface area contributed by atoms with Gasteiger partial charge in [-0.2, -0.15) is 0 Å². The van der Waals surface area contributed by atoms with Crippen LogP contribution >= 0.6 is 11.6 Å². The lowest BCUT2D eigenvalue weighted by molar-refractivity contribution is 0.0697. The van der Waals surface area contributed by atoms with Gasteiger partial charge in [0.25, 0.3) is 0 Å². The first-order chi connectivity index (χ1) is 7.99. The molecule has 2 rings (SSSR count). The third-order valence-electron chi connectivity index (χ3n) is 3.38.